The maximum Gasteiger partial charge on any atom is 0.244 e. The van der Waals surface area contributed by atoms with Crippen molar-refractivity contribution in [2.75, 3.05) is 0 Å². The normalized spacial score (nSPS) is 12.4. The summed E-state index contributed by atoms with van der Waals surface area (Å²) in [6.45, 7) is 0. The van der Waals surface area contributed by atoms with E-state index < -0.39 is 34.0 Å². The van der Waals surface area contributed by atoms with Gasteiger partial charge in [-0.05, 0) is 29.6 Å². The molecule has 1 heterocycles. The predicted octanol–water partition coefficient (Wildman–Crippen LogP) is 1.46. The molecule has 3 N–H and O–H groups in total. The lowest BCUT2D eigenvalue weighted by Gasteiger charge is -2.15. The number of carbonyl (C=O) groups excluding carboxylic acids is 2. The molecule has 0 bridgehead atoms. The van der Waals surface area contributed by atoms with E-state index in [1.807, 2.05) is 0 Å². The highest BCUT2D eigenvalue weighted by Crippen LogP contribution is 2.38. The van der Waals surface area contributed by atoms with Gasteiger partial charge in [-0.1, -0.05) is 0 Å². The highest BCUT2D eigenvalue weighted by atomic mass is 35.5. The van der Waals surface area contributed by atoms with Crippen LogP contribution < -0.4 is 0 Å². The third-order valence-corrected chi connectivity index (χ3v) is 2.60. The van der Waals surface area contributed by atoms with Crippen molar-refractivity contribution in [3.63, 3.8) is 0 Å². The Kier molecular flexibility index (Phi) is 4.25. The second-order valence-corrected chi connectivity index (χ2v) is 4.09. The van der Waals surface area contributed by atoms with E-state index in [1.54, 1.807) is 0 Å². The van der Waals surface area contributed by atoms with Crippen LogP contribution in [0.5, 0.6) is 17.5 Å². The van der Waals surface area contributed by atoms with Crippen molar-refractivity contribution in [2.45, 2.75) is 18.9 Å². The Morgan fingerprint density at radius 3 is 2.24 bits per heavy atom. The van der Waals surface area contributed by atoms with Crippen LogP contribution in [0.3, 0.4) is 0 Å². The Hall–Kier alpha value is -1.40. The van der Waals surface area contributed by atoms with Gasteiger partial charge in [0.2, 0.25) is 16.4 Å². The van der Waals surface area contributed by atoms with Crippen molar-refractivity contribution in [2.24, 2.45) is 0 Å². The van der Waals surface area contributed by atoms with Crippen LogP contribution in [0.4, 0.5) is 0 Å². The van der Waals surface area contributed by atoms with Crippen molar-refractivity contribution in [1.82, 2.24) is 4.57 Å². The van der Waals surface area contributed by atoms with E-state index in [9.17, 15) is 19.8 Å². The average molecular weight is 282 g/mol. The lowest BCUT2D eigenvalue weighted by Crippen LogP contribution is -2.15. The van der Waals surface area contributed by atoms with Crippen LogP contribution in [0.15, 0.2) is 6.07 Å². The van der Waals surface area contributed by atoms with Gasteiger partial charge in [0.05, 0.1) is 0 Å². The molecule has 0 aromatic carbocycles. The molecular formula is C9H9Cl2NO5. The molecule has 6 nitrogen and oxygen atoms in total. The molecule has 94 valence electrons. The molecule has 0 spiro atoms. The number of aromatic hydroxyl groups is 3. The van der Waals surface area contributed by atoms with Gasteiger partial charge in [0, 0.05) is 12.5 Å². The predicted molar refractivity (Wildman–Crippen MR) is 59.4 cm³/mol. The third-order valence-electron chi connectivity index (χ3n) is 2.16. The van der Waals surface area contributed by atoms with Crippen molar-refractivity contribution in [3.8, 4) is 17.5 Å². The van der Waals surface area contributed by atoms with Crippen LogP contribution in [-0.4, -0.2) is 30.4 Å². The first-order chi connectivity index (χ1) is 7.84. The Labute approximate surface area is 106 Å². The van der Waals surface area contributed by atoms with Gasteiger partial charge >= 0.3 is 0 Å². The minimum absolute atomic E-state index is 0.0973. The number of hydrogen-bond donors (Lipinski definition) is 3. The Balaban J connectivity index is 3.05. The molecule has 0 radical (unpaired) electrons. The van der Waals surface area contributed by atoms with Gasteiger partial charge in [0.25, 0.3) is 0 Å². The average Bonchev–Trinajstić information content (AvgIpc) is 2.44. The SMILES string of the molecule is O=C(Cl)CCC(C(=O)Cl)n1c(O)cc(O)c1O. The molecule has 0 amide bonds. The molecule has 0 aliphatic heterocycles. The summed E-state index contributed by atoms with van der Waals surface area (Å²) in [4.78, 5) is 21.8. The smallest absolute Gasteiger partial charge is 0.244 e. The van der Waals surface area contributed by atoms with Crippen LogP contribution >= 0.6 is 23.2 Å². The summed E-state index contributed by atoms with van der Waals surface area (Å²) in [5.74, 6) is -1.84. The van der Waals surface area contributed by atoms with Gasteiger partial charge in [-0.15, -0.1) is 0 Å². The number of carbonyl (C=O) groups is 2. The lowest BCUT2D eigenvalue weighted by molar-refractivity contribution is -0.115. The van der Waals surface area contributed by atoms with Gasteiger partial charge in [0.15, 0.2) is 11.6 Å². The molecule has 0 aliphatic carbocycles. The number of halogens is 2. The van der Waals surface area contributed by atoms with Crippen LogP contribution in [0, 0.1) is 0 Å². The first-order valence-electron chi connectivity index (χ1n) is 4.54. The van der Waals surface area contributed by atoms with Crippen molar-refractivity contribution in [3.05, 3.63) is 6.07 Å². The quantitative estimate of drug-likeness (QED) is 0.710. The molecule has 1 aromatic rings. The maximum atomic E-state index is 11.2. The highest BCUT2D eigenvalue weighted by Gasteiger charge is 2.26. The molecule has 0 saturated carbocycles. The van der Waals surface area contributed by atoms with Gasteiger partial charge < -0.3 is 15.3 Å². The molecule has 1 aromatic heterocycles. The van der Waals surface area contributed by atoms with Crippen molar-refractivity contribution in [1.29, 1.82) is 0 Å². The number of nitrogens with zero attached hydrogens (tertiary/aromatic N) is 1. The van der Waals surface area contributed by atoms with Crippen LogP contribution in [0.2, 0.25) is 0 Å². The Morgan fingerprint density at radius 1 is 1.29 bits per heavy atom. The highest BCUT2D eigenvalue weighted by molar-refractivity contribution is 6.64. The van der Waals surface area contributed by atoms with Crippen LogP contribution in [-0.2, 0) is 9.59 Å². The van der Waals surface area contributed by atoms with E-state index in [-0.39, 0.29) is 12.8 Å². The minimum atomic E-state index is -1.18. The Morgan fingerprint density at radius 2 is 1.88 bits per heavy atom. The van der Waals surface area contributed by atoms with Crippen LogP contribution in [0.1, 0.15) is 18.9 Å². The zero-order chi connectivity index (χ0) is 13.2. The summed E-state index contributed by atoms with van der Waals surface area (Å²) in [7, 11) is 0. The molecular weight excluding hydrogens is 273 g/mol. The van der Waals surface area contributed by atoms with E-state index in [4.69, 9.17) is 28.3 Å². The summed E-state index contributed by atoms with van der Waals surface area (Å²) in [6, 6.07) is -0.328. The molecule has 0 saturated heterocycles. The van der Waals surface area contributed by atoms with Gasteiger partial charge in [-0.2, -0.15) is 0 Å². The summed E-state index contributed by atoms with van der Waals surface area (Å²) in [5, 5.41) is 26.4. The molecule has 8 heteroatoms. The molecule has 1 atom stereocenters. The first-order valence-corrected chi connectivity index (χ1v) is 5.30. The number of hydrogen-bond acceptors (Lipinski definition) is 5. The molecule has 1 rings (SSSR count). The van der Waals surface area contributed by atoms with E-state index in [1.165, 1.54) is 0 Å². The van der Waals surface area contributed by atoms with E-state index in [0.717, 1.165) is 10.6 Å². The van der Waals surface area contributed by atoms with Gasteiger partial charge in [-0.25, -0.2) is 0 Å². The maximum absolute atomic E-state index is 11.2. The summed E-state index contributed by atoms with van der Waals surface area (Å²) < 4.78 is 0.727. The summed E-state index contributed by atoms with van der Waals surface area (Å²) >= 11 is 10.4. The van der Waals surface area contributed by atoms with Gasteiger partial charge in [0.1, 0.15) is 6.04 Å². The largest absolute Gasteiger partial charge is 0.503 e. The first kappa shape index (κ1) is 13.7. The molecule has 0 aliphatic rings. The summed E-state index contributed by atoms with van der Waals surface area (Å²) in [5.41, 5.74) is 0. The zero-order valence-electron chi connectivity index (χ0n) is 8.43. The lowest BCUT2D eigenvalue weighted by atomic mass is 10.2. The van der Waals surface area contributed by atoms with Crippen LogP contribution in [0.25, 0.3) is 0 Å². The third kappa shape index (κ3) is 3.04. The van der Waals surface area contributed by atoms with E-state index in [2.05, 4.69) is 0 Å². The fraction of sp³-hybridized carbons (Fsp3) is 0.333. The molecule has 1 unspecified atom stereocenters. The molecule has 17 heavy (non-hydrogen) atoms. The van der Waals surface area contributed by atoms with E-state index >= 15 is 0 Å². The zero-order valence-corrected chi connectivity index (χ0v) is 9.94. The molecule has 0 fully saturated rings. The standard InChI is InChI=1S/C9H9Cl2NO5/c10-6(14)2-1-4(8(11)16)12-7(15)3-5(13)9(12)17/h3-4,13,15,17H,1-2H2. The topological polar surface area (TPSA) is 99.8 Å². The minimum Gasteiger partial charge on any atom is -0.503 e. The van der Waals surface area contributed by atoms with Crippen molar-refractivity contribution >= 4 is 33.7 Å². The second-order valence-electron chi connectivity index (χ2n) is 3.30. The second kappa shape index (κ2) is 5.29. The fourth-order valence-electron chi connectivity index (χ4n) is 1.39. The number of rotatable bonds is 5. The summed E-state index contributed by atoms with van der Waals surface area (Å²) in [6.07, 6.45) is -0.261. The monoisotopic (exact) mass is 281 g/mol. The fourth-order valence-corrected chi connectivity index (χ4v) is 1.71. The Bertz CT molecular complexity index is 456. The van der Waals surface area contributed by atoms with Gasteiger partial charge in [-0.3, -0.25) is 14.2 Å². The van der Waals surface area contributed by atoms with Crippen molar-refractivity contribution < 1.29 is 24.9 Å². The van der Waals surface area contributed by atoms with E-state index in [0.29, 0.717) is 0 Å². The number of aromatic nitrogens is 1.